The van der Waals surface area contributed by atoms with Gasteiger partial charge in [-0.2, -0.15) is 4.98 Å². The summed E-state index contributed by atoms with van der Waals surface area (Å²) in [6.07, 6.45) is 1.06. The van der Waals surface area contributed by atoms with E-state index in [1.807, 2.05) is 13.8 Å². The minimum Gasteiger partial charge on any atom is -0.465 e. The van der Waals surface area contributed by atoms with Crippen molar-refractivity contribution in [1.29, 1.82) is 0 Å². The van der Waals surface area contributed by atoms with E-state index in [1.54, 1.807) is 31.2 Å². The highest BCUT2D eigenvalue weighted by Crippen LogP contribution is 2.33. The predicted octanol–water partition coefficient (Wildman–Crippen LogP) is 4.01. The quantitative estimate of drug-likeness (QED) is 0.752. The molecule has 1 aromatic carbocycles. The van der Waals surface area contributed by atoms with Crippen molar-refractivity contribution >= 4 is 17.6 Å². The molecule has 2 aromatic rings. The number of hydrogen-bond donors (Lipinski definition) is 0. The van der Waals surface area contributed by atoms with E-state index in [0.29, 0.717) is 36.2 Å². The Morgan fingerprint density at radius 2 is 1.86 bits per heavy atom. The lowest BCUT2D eigenvalue weighted by Gasteiger charge is -2.24. The van der Waals surface area contributed by atoms with Crippen LogP contribution >= 0.6 is 11.6 Å². The molecule has 0 saturated heterocycles. The molecular weight excluding hydrogens is 304 g/mol. The van der Waals surface area contributed by atoms with Crippen LogP contribution in [0.2, 0.25) is 5.02 Å². The largest absolute Gasteiger partial charge is 0.465 e. The molecule has 2 rings (SSSR count). The van der Waals surface area contributed by atoms with Gasteiger partial charge in [-0.25, -0.2) is 0 Å². The Kier molecular flexibility index (Phi) is 5.19. The summed E-state index contributed by atoms with van der Waals surface area (Å²) in [6.45, 7) is 5.92. The molecule has 0 N–H and O–H groups in total. The Balaban J connectivity index is 2.38. The van der Waals surface area contributed by atoms with Crippen molar-refractivity contribution in [2.75, 3.05) is 6.61 Å². The molecule has 0 fully saturated rings. The molecule has 118 valence electrons. The zero-order chi connectivity index (χ0) is 16.2. The Morgan fingerprint density at radius 1 is 1.23 bits per heavy atom. The molecule has 0 radical (unpaired) electrons. The molecule has 22 heavy (non-hydrogen) atoms. The summed E-state index contributed by atoms with van der Waals surface area (Å²) in [6, 6.07) is 7.12. The second kappa shape index (κ2) is 6.92. The SMILES string of the molecule is CCOC(=O)C(CC)(CC)c1nc(-c2ccc(Cl)cc2)no1. The fourth-order valence-electron chi connectivity index (χ4n) is 2.33. The summed E-state index contributed by atoms with van der Waals surface area (Å²) in [5, 5.41) is 4.62. The highest BCUT2D eigenvalue weighted by molar-refractivity contribution is 6.30. The van der Waals surface area contributed by atoms with Gasteiger partial charge in [-0.05, 0) is 44.0 Å². The number of carbonyl (C=O) groups is 1. The molecule has 0 unspecified atom stereocenters. The lowest BCUT2D eigenvalue weighted by atomic mass is 9.82. The van der Waals surface area contributed by atoms with Crippen molar-refractivity contribution in [3.63, 3.8) is 0 Å². The van der Waals surface area contributed by atoms with Gasteiger partial charge in [0.1, 0.15) is 5.41 Å². The van der Waals surface area contributed by atoms with E-state index in [2.05, 4.69) is 10.1 Å². The number of nitrogens with zero attached hydrogens (tertiary/aromatic N) is 2. The van der Waals surface area contributed by atoms with Crippen LogP contribution in [0.3, 0.4) is 0 Å². The first-order valence-corrected chi connectivity index (χ1v) is 7.72. The van der Waals surface area contributed by atoms with Crippen molar-refractivity contribution in [3.05, 3.63) is 35.2 Å². The van der Waals surface area contributed by atoms with E-state index in [1.165, 1.54) is 0 Å². The third-order valence-corrected chi connectivity index (χ3v) is 4.06. The maximum absolute atomic E-state index is 12.4. The molecule has 5 nitrogen and oxygen atoms in total. The second-order valence-corrected chi connectivity index (χ2v) is 5.38. The third-order valence-electron chi connectivity index (χ3n) is 3.81. The Labute approximate surface area is 134 Å². The van der Waals surface area contributed by atoms with Gasteiger partial charge in [0.25, 0.3) is 0 Å². The Bertz CT molecular complexity index is 633. The summed E-state index contributed by atoms with van der Waals surface area (Å²) in [5.74, 6) is 0.398. The monoisotopic (exact) mass is 322 g/mol. The number of aromatic nitrogens is 2. The van der Waals surface area contributed by atoms with Gasteiger partial charge < -0.3 is 9.26 Å². The Morgan fingerprint density at radius 3 is 2.41 bits per heavy atom. The van der Waals surface area contributed by atoms with Gasteiger partial charge in [-0.3, -0.25) is 4.79 Å². The summed E-state index contributed by atoms with van der Waals surface area (Å²) in [7, 11) is 0. The summed E-state index contributed by atoms with van der Waals surface area (Å²) in [4.78, 5) is 16.8. The second-order valence-electron chi connectivity index (χ2n) is 4.94. The van der Waals surface area contributed by atoms with Crippen molar-refractivity contribution in [2.45, 2.75) is 39.0 Å². The molecule has 6 heteroatoms. The molecule has 0 aliphatic heterocycles. The van der Waals surface area contributed by atoms with Crippen LogP contribution in [0.25, 0.3) is 11.4 Å². The van der Waals surface area contributed by atoms with E-state index >= 15 is 0 Å². The zero-order valence-corrected chi connectivity index (χ0v) is 13.7. The molecule has 0 aliphatic rings. The number of carbonyl (C=O) groups excluding carboxylic acids is 1. The molecule has 1 heterocycles. The number of halogens is 1. The van der Waals surface area contributed by atoms with Gasteiger partial charge in [0.15, 0.2) is 0 Å². The molecule has 0 saturated carbocycles. The minimum absolute atomic E-state index is 0.293. The van der Waals surface area contributed by atoms with Crippen LogP contribution in [0, 0.1) is 0 Å². The van der Waals surface area contributed by atoms with Crippen molar-refractivity contribution in [3.8, 4) is 11.4 Å². The summed E-state index contributed by atoms with van der Waals surface area (Å²) < 4.78 is 10.6. The molecule has 0 aliphatic carbocycles. The summed E-state index contributed by atoms with van der Waals surface area (Å²) in [5.41, 5.74) is -0.113. The fourth-order valence-corrected chi connectivity index (χ4v) is 2.46. The topological polar surface area (TPSA) is 65.2 Å². The number of esters is 1. The first-order chi connectivity index (χ1) is 10.6. The van der Waals surface area contributed by atoms with Crippen LogP contribution < -0.4 is 0 Å². The lowest BCUT2D eigenvalue weighted by Crippen LogP contribution is -2.36. The van der Waals surface area contributed by atoms with Crippen LogP contribution in [0.1, 0.15) is 39.5 Å². The van der Waals surface area contributed by atoms with Gasteiger partial charge in [0.05, 0.1) is 6.61 Å². The van der Waals surface area contributed by atoms with Gasteiger partial charge in [0, 0.05) is 10.6 Å². The molecule has 0 amide bonds. The average molecular weight is 323 g/mol. The first kappa shape index (κ1) is 16.5. The van der Waals surface area contributed by atoms with Crippen LogP contribution in [0.4, 0.5) is 0 Å². The first-order valence-electron chi connectivity index (χ1n) is 7.34. The molecule has 0 atom stereocenters. The minimum atomic E-state index is -0.895. The maximum atomic E-state index is 12.4. The van der Waals surface area contributed by atoms with Crippen LogP contribution in [0.15, 0.2) is 28.8 Å². The average Bonchev–Trinajstić information content (AvgIpc) is 3.00. The Hall–Kier alpha value is -1.88. The lowest BCUT2D eigenvalue weighted by molar-refractivity contribution is -0.151. The van der Waals surface area contributed by atoms with Crippen molar-refractivity contribution in [1.82, 2.24) is 10.1 Å². The number of rotatable bonds is 6. The van der Waals surface area contributed by atoms with Crippen molar-refractivity contribution < 1.29 is 14.1 Å². The van der Waals surface area contributed by atoms with Crippen LogP contribution in [-0.4, -0.2) is 22.7 Å². The van der Waals surface area contributed by atoms with E-state index in [0.717, 1.165) is 5.56 Å². The van der Waals surface area contributed by atoms with Gasteiger partial charge in [0.2, 0.25) is 11.7 Å². The van der Waals surface area contributed by atoms with E-state index in [-0.39, 0.29) is 5.97 Å². The van der Waals surface area contributed by atoms with E-state index in [4.69, 9.17) is 20.9 Å². The fraction of sp³-hybridized carbons (Fsp3) is 0.438. The number of ether oxygens (including phenoxy) is 1. The highest BCUT2D eigenvalue weighted by Gasteiger charge is 2.44. The number of benzene rings is 1. The van der Waals surface area contributed by atoms with E-state index in [9.17, 15) is 4.79 Å². The van der Waals surface area contributed by atoms with Crippen LogP contribution in [-0.2, 0) is 14.9 Å². The normalized spacial score (nSPS) is 11.5. The van der Waals surface area contributed by atoms with Gasteiger partial charge in [-0.1, -0.05) is 30.6 Å². The number of hydrogen-bond acceptors (Lipinski definition) is 5. The standard InChI is InChI=1S/C16H19ClN2O3/c1-4-16(5-2,15(20)21-6-3)14-18-13(19-22-14)11-7-9-12(17)10-8-11/h7-10H,4-6H2,1-3H3. The molecular formula is C16H19ClN2O3. The predicted molar refractivity (Wildman–Crippen MR) is 83.6 cm³/mol. The van der Waals surface area contributed by atoms with Crippen molar-refractivity contribution in [2.24, 2.45) is 0 Å². The molecule has 0 bridgehead atoms. The zero-order valence-electron chi connectivity index (χ0n) is 12.9. The molecule has 0 spiro atoms. The van der Waals surface area contributed by atoms with Crippen LogP contribution in [0.5, 0.6) is 0 Å². The van der Waals surface area contributed by atoms with Gasteiger partial charge >= 0.3 is 5.97 Å². The maximum Gasteiger partial charge on any atom is 0.321 e. The summed E-state index contributed by atoms with van der Waals surface area (Å²) >= 11 is 5.87. The third kappa shape index (κ3) is 2.99. The van der Waals surface area contributed by atoms with E-state index < -0.39 is 5.41 Å². The molecule has 1 aromatic heterocycles. The smallest absolute Gasteiger partial charge is 0.321 e. The highest BCUT2D eigenvalue weighted by atomic mass is 35.5. The van der Waals surface area contributed by atoms with Gasteiger partial charge in [-0.15, -0.1) is 0 Å².